The van der Waals surface area contributed by atoms with Crippen molar-refractivity contribution in [2.75, 3.05) is 46.9 Å². The Morgan fingerprint density at radius 2 is 2.16 bits per heavy atom. The van der Waals surface area contributed by atoms with Crippen LogP contribution >= 0.6 is 0 Å². The Balaban J connectivity index is 1.45. The molecule has 1 amide bonds. The maximum Gasteiger partial charge on any atom is 0.259 e. The summed E-state index contributed by atoms with van der Waals surface area (Å²) in [6.45, 7) is 4.51. The van der Waals surface area contributed by atoms with E-state index in [1.165, 1.54) is 17.7 Å². The molecular formula is C19H29N3O3. The zero-order valence-corrected chi connectivity index (χ0v) is 15.2. The predicted molar refractivity (Wildman–Crippen MR) is 96.7 cm³/mol. The van der Waals surface area contributed by atoms with Gasteiger partial charge in [0.1, 0.15) is 5.75 Å². The van der Waals surface area contributed by atoms with Crippen molar-refractivity contribution in [2.45, 2.75) is 31.5 Å². The summed E-state index contributed by atoms with van der Waals surface area (Å²) in [5.74, 6) is 0.716. The van der Waals surface area contributed by atoms with Gasteiger partial charge in [-0.15, -0.1) is 0 Å². The minimum atomic E-state index is -0.0430. The summed E-state index contributed by atoms with van der Waals surface area (Å²) in [6, 6.07) is 8.65. The summed E-state index contributed by atoms with van der Waals surface area (Å²) >= 11 is 0. The van der Waals surface area contributed by atoms with E-state index in [4.69, 9.17) is 9.47 Å². The minimum absolute atomic E-state index is 0.0430. The number of amides is 1. The first kappa shape index (κ1) is 18.2. The number of ether oxygens (including phenoxy) is 2. The molecule has 1 heterocycles. The van der Waals surface area contributed by atoms with Crippen LogP contribution < -0.4 is 10.1 Å². The third-order valence-corrected chi connectivity index (χ3v) is 4.74. The number of carbonyl (C=O) groups is 1. The summed E-state index contributed by atoms with van der Waals surface area (Å²) in [6.07, 6.45) is 2.94. The number of likely N-dealkylation sites (N-methyl/N-ethyl adjacent to an activating group) is 1. The first-order valence-electron chi connectivity index (χ1n) is 9.10. The Morgan fingerprint density at radius 1 is 1.36 bits per heavy atom. The van der Waals surface area contributed by atoms with Crippen LogP contribution in [0.3, 0.4) is 0 Å². The second kappa shape index (κ2) is 8.65. The van der Waals surface area contributed by atoms with Crippen molar-refractivity contribution in [1.82, 2.24) is 15.1 Å². The van der Waals surface area contributed by atoms with Gasteiger partial charge in [-0.1, -0.05) is 18.2 Å². The number of nitrogens with zero attached hydrogens (tertiary/aromatic N) is 2. The molecule has 0 spiro atoms. The van der Waals surface area contributed by atoms with Crippen LogP contribution in [0.1, 0.15) is 18.4 Å². The number of hydrogen-bond donors (Lipinski definition) is 1. The van der Waals surface area contributed by atoms with E-state index in [1.54, 1.807) is 14.1 Å². The summed E-state index contributed by atoms with van der Waals surface area (Å²) in [7, 11) is 3.46. The fraction of sp³-hybridized carbons (Fsp3) is 0.632. The molecule has 1 aromatic carbocycles. The highest BCUT2D eigenvalue weighted by Crippen LogP contribution is 2.28. The van der Waals surface area contributed by atoms with Crippen LogP contribution in [-0.4, -0.2) is 74.8 Å². The molecule has 25 heavy (non-hydrogen) atoms. The smallest absolute Gasteiger partial charge is 0.259 e. The van der Waals surface area contributed by atoms with Gasteiger partial charge in [0.2, 0.25) is 0 Å². The van der Waals surface area contributed by atoms with E-state index in [9.17, 15) is 4.79 Å². The SMILES string of the molecule is CN(C)C(=O)COc1ccccc1CNC[C@H]1CN(C2CC2)CCO1. The van der Waals surface area contributed by atoms with Gasteiger partial charge < -0.3 is 19.7 Å². The zero-order chi connectivity index (χ0) is 17.6. The molecule has 2 aliphatic rings. The van der Waals surface area contributed by atoms with Crippen molar-refractivity contribution in [3.63, 3.8) is 0 Å². The average molecular weight is 347 g/mol. The van der Waals surface area contributed by atoms with Crippen LogP contribution in [0.4, 0.5) is 0 Å². The largest absolute Gasteiger partial charge is 0.483 e. The van der Waals surface area contributed by atoms with Gasteiger partial charge in [-0.2, -0.15) is 0 Å². The molecule has 3 rings (SSSR count). The molecule has 1 saturated carbocycles. The molecule has 1 aliphatic carbocycles. The molecular weight excluding hydrogens is 318 g/mol. The molecule has 1 aromatic rings. The van der Waals surface area contributed by atoms with E-state index in [1.807, 2.05) is 24.3 Å². The highest BCUT2D eigenvalue weighted by molar-refractivity contribution is 5.77. The molecule has 0 aromatic heterocycles. The zero-order valence-electron chi connectivity index (χ0n) is 15.2. The lowest BCUT2D eigenvalue weighted by molar-refractivity contribution is -0.130. The molecule has 1 aliphatic heterocycles. The normalized spacial score (nSPS) is 21.1. The molecule has 0 unspecified atom stereocenters. The highest BCUT2D eigenvalue weighted by Gasteiger charge is 2.32. The third kappa shape index (κ3) is 5.42. The van der Waals surface area contributed by atoms with Gasteiger partial charge in [-0.25, -0.2) is 0 Å². The maximum absolute atomic E-state index is 11.7. The molecule has 0 bridgehead atoms. The van der Waals surface area contributed by atoms with E-state index in [2.05, 4.69) is 10.2 Å². The fourth-order valence-electron chi connectivity index (χ4n) is 3.06. The summed E-state index contributed by atoms with van der Waals surface area (Å²) in [5.41, 5.74) is 1.06. The summed E-state index contributed by atoms with van der Waals surface area (Å²) in [4.78, 5) is 15.8. The second-order valence-electron chi connectivity index (χ2n) is 7.03. The van der Waals surface area contributed by atoms with E-state index < -0.39 is 0 Å². The first-order valence-corrected chi connectivity index (χ1v) is 9.10. The van der Waals surface area contributed by atoms with Crippen molar-refractivity contribution in [3.8, 4) is 5.75 Å². The van der Waals surface area contributed by atoms with E-state index in [0.717, 1.165) is 43.6 Å². The third-order valence-electron chi connectivity index (χ3n) is 4.74. The van der Waals surface area contributed by atoms with Gasteiger partial charge in [0, 0.05) is 51.9 Å². The average Bonchev–Trinajstić information content (AvgIpc) is 3.46. The molecule has 2 fully saturated rings. The fourth-order valence-corrected chi connectivity index (χ4v) is 3.06. The Bertz CT molecular complexity index is 575. The minimum Gasteiger partial charge on any atom is -0.483 e. The summed E-state index contributed by atoms with van der Waals surface area (Å²) < 4.78 is 11.6. The molecule has 0 radical (unpaired) electrons. The van der Waals surface area contributed by atoms with Crippen molar-refractivity contribution in [2.24, 2.45) is 0 Å². The van der Waals surface area contributed by atoms with Crippen molar-refractivity contribution >= 4 is 5.91 Å². The van der Waals surface area contributed by atoms with Crippen LogP contribution in [0.5, 0.6) is 5.75 Å². The monoisotopic (exact) mass is 347 g/mol. The first-order chi connectivity index (χ1) is 12.1. The number of rotatable bonds is 8. The number of hydrogen-bond acceptors (Lipinski definition) is 5. The molecule has 138 valence electrons. The lowest BCUT2D eigenvalue weighted by Crippen LogP contribution is -2.47. The predicted octanol–water partition coefficient (Wildman–Crippen LogP) is 1.11. The van der Waals surface area contributed by atoms with Crippen LogP contribution in [0.15, 0.2) is 24.3 Å². The quantitative estimate of drug-likeness (QED) is 0.763. The topological polar surface area (TPSA) is 54.0 Å². The maximum atomic E-state index is 11.7. The van der Waals surface area contributed by atoms with Crippen molar-refractivity contribution in [1.29, 1.82) is 0 Å². The molecule has 1 N–H and O–H groups in total. The molecule has 6 nitrogen and oxygen atoms in total. The van der Waals surface area contributed by atoms with Gasteiger partial charge in [0.15, 0.2) is 6.61 Å². The Labute approximate surface area is 150 Å². The van der Waals surface area contributed by atoms with E-state index in [0.29, 0.717) is 6.54 Å². The molecule has 1 atom stereocenters. The van der Waals surface area contributed by atoms with Gasteiger partial charge in [-0.05, 0) is 18.9 Å². The standard InChI is InChI=1S/C19H29N3O3/c1-21(2)19(23)14-25-18-6-4-3-5-15(18)11-20-12-17-13-22(9-10-24-17)16-7-8-16/h3-6,16-17,20H,7-14H2,1-2H3/t17-/m0/s1. The lowest BCUT2D eigenvalue weighted by Gasteiger charge is -2.33. The molecule has 1 saturated heterocycles. The number of para-hydroxylation sites is 1. The van der Waals surface area contributed by atoms with Crippen molar-refractivity contribution in [3.05, 3.63) is 29.8 Å². The van der Waals surface area contributed by atoms with Crippen LogP contribution in [0.25, 0.3) is 0 Å². The van der Waals surface area contributed by atoms with Gasteiger partial charge in [0.05, 0.1) is 12.7 Å². The lowest BCUT2D eigenvalue weighted by atomic mass is 10.2. The number of nitrogens with one attached hydrogen (secondary N) is 1. The van der Waals surface area contributed by atoms with Crippen LogP contribution in [0.2, 0.25) is 0 Å². The number of morpholine rings is 1. The Morgan fingerprint density at radius 3 is 2.92 bits per heavy atom. The van der Waals surface area contributed by atoms with Gasteiger partial charge in [-0.3, -0.25) is 9.69 Å². The second-order valence-corrected chi connectivity index (χ2v) is 7.03. The molecule has 6 heteroatoms. The van der Waals surface area contributed by atoms with Crippen molar-refractivity contribution < 1.29 is 14.3 Å². The highest BCUT2D eigenvalue weighted by atomic mass is 16.5. The number of carbonyl (C=O) groups excluding carboxylic acids is 1. The van der Waals surface area contributed by atoms with E-state index >= 15 is 0 Å². The van der Waals surface area contributed by atoms with Crippen LogP contribution in [0, 0.1) is 0 Å². The number of benzene rings is 1. The van der Waals surface area contributed by atoms with Gasteiger partial charge in [0.25, 0.3) is 5.91 Å². The van der Waals surface area contributed by atoms with Gasteiger partial charge >= 0.3 is 0 Å². The Kier molecular flexibility index (Phi) is 6.29. The Hall–Kier alpha value is -1.63. The van der Waals surface area contributed by atoms with Crippen LogP contribution in [-0.2, 0) is 16.1 Å². The van der Waals surface area contributed by atoms with E-state index in [-0.39, 0.29) is 18.6 Å². The summed E-state index contributed by atoms with van der Waals surface area (Å²) in [5, 5.41) is 3.48.